The van der Waals surface area contributed by atoms with Gasteiger partial charge in [-0.25, -0.2) is 4.98 Å². The molecule has 3 aromatic rings. The third-order valence-corrected chi connectivity index (χ3v) is 5.44. The standard InChI is InChI=1S/C22H25N5O/c28-22(20(16-8-3-1-4-9-16)17-10-5-2-6-11-17)24-15-19-25-21(27-26-19)18-12-7-13-23-14-18/h1,3-4,7-9,12-14,17,20H,2,5-6,10-11,15H2,(H,24,28)(H,25,26,27)/t20-/m0/s1. The molecule has 2 aromatic heterocycles. The van der Waals surface area contributed by atoms with E-state index in [0.717, 1.165) is 24.0 Å². The van der Waals surface area contributed by atoms with E-state index in [1.807, 2.05) is 30.3 Å². The molecule has 1 aliphatic rings. The van der Waals surface area contributed by atoms with Gasteiger partial charge in [0, 0.05) is 18.0 Å². The third kappa shape index (κ3) is 4.27. The number of hydrogen-bond acceptors (Lipinski definition) is 4. The average Bonchev–Trinajstić information content (AvgIpc) is 3.24. The Morgan fingerprint density at radius 1 is 1.11 bits per heavy atom. The van der Waals surface area contributed by atoms with Gasteiger partial charge in [0.25, 0.3) is 0 Å². The molecule has 4 rings (SSSR count). The van der Waals surface area contributed by atoms with Gasteiger partial charge in [-0.05, 0) is 36.5 Å². The molecule has 1 aromatic carbocycles. The summed E-state index contributed by atoms with van der Waals surface area (Å²) in [5.41, 5.74) is 1.95. The predicted octanol–water partition coefficient (Wildman–Crippen LogP) is 3.85. The first-order chi connectivity index (χ1) is 13.8. The maximum absolute atomic E-state index is 13.1. The van der Waals surface area contributed by atoms with Crippen LogP contribution in [0.1, 0.15) is 49.4 Å². The SMILES string of the molecule is O=C(NCc1nc(-c2cccnc2)n[nH]1)[C@@H](c1ccccc1)C1CCCCC1. The highest BCUT2D eigenvalue weighted by molar-refractivity contribution is 5.84. The molecule has 28 heavy (non-hydrogen) atoms. The van der Waals surface area contributed by atoms with E-state index in [1.54, 1.807) is 12.4 Å². The molecule has 0 unspecified atom stereocenters. The number of nitrogens with zero attached hydrogens (tertiary/aromatic N) is 3. The van der Waals surface area contributed by atoms with Gasteiger partial charge in [-0.2, -0.15) is 5.10 Å². The van der Waals surface area contributed by atoms with Crippen molar-refractivity contribution in [3.8, 4) is 11.4 Å². The number of hydrogen-bond donors (Lipinski definition) is 2. The molecule has 1 fully saturated rings. The van der Waals surface area contributed by atoms with E-state index < -0.39 is 0 Å². The molecule has 144 valence electrons. The van der Waals surface area contributed by atoms with Crippen molar-refractivity contribution in [3.05, 3.63) is 66.2 Å². The molecule has 0 spiro atoms. The van der Waals surface area contributed by atoms with Crippen LogP contribution in [0.3, 0.4) is 0 Å². The molecule has 2 N–H and O–H groups in total. The molecule has 6 heteroatoms. The number of H-pyrrole nitrogens is 1. The smallest absolute Gasteiger partial charge is 0.228 e. The number of pyridine rings is 1. The highest BCUT2D eigenvalue weighted by Crippen LogP contribution is 2.36. The Bertz CT molecular complexity index is 888. The molecule has 0 aliphatic heterocycles. The first-order valence-corrected chi connectivity index (χ1v) is 9.95. The summed E-state index contributed by atoms with van der Waals surface area (Å²) in [6.45, 7) is 0.335. The van der Waals surface area contributed by atoms with Gasteiger partial charge in [0.2, 0.25) is 5.91 Å². The zero-order valence-corrected chi connectivity index (χ0v) is 15.8. The molecule has 6 nitrogen and oxygen atoms in total. The van der Waals surface area contributed by atoms with Crippen LogP contribution in [0.25, 0.3) is 11.4 Å². The summed E-state index contributed by atoms with van der Waals surface area (Å²) in [7, 11) is 0. The normalized spacial score (nSPS) is 15.9. The van der Waals surface area contributed by atoms with Crippen molar-refractivity contribution in [1.29, 1.82) is 0 Å². The van der Waals surface area contributed by atoms with Crippen LogP contribution in [0.2, 0.25) is 0 Å². The van der Waals surface area contributed by atoms with E-state index in [0.29, 0.717) is 24.1 Å². The third-order valence-electron chi connectivity index (χ3n) is 5.44. The molecular weight excluding hydrogens is 350 g/mol. The van der Waals surface area contributed by atoms with Crippen LogP contribution < -0.4 is 5.32 Å². The Kier molecular flexibility index (Phi) is 5.75. The number of aromatic nitrogens is 4. The highest BCUT2D eigenvalue weighted by Gasteiger charge is 2.30. The minimum Gasteiger partial charge on any atom is -0.348 e. The van der Waals surface area contributed by atoms with Gasteiger partial charge in [-0.1, -0.05) is 49.6 Å². The Hall–Kier alpha value is -3.02. The Balaban J connectivity index is 1.45. The lowest BCUT2D eigenvalue weighted by atomic mass is 9.76. The van der Waals surface area contributed by atoms with Crippen molar-refractivity contribution in [2.45, 2.75) is 44.6 Å². The van der Waals surface area contributed by atoms with Gasteiger partial charge in [0.15, 0.2) is 5.82 Å². The fraction of sp³-hybridized carbons (Fsp3) is 0.364. The van der Waals surface area contributed by atoms with Gasteiger partial charge < -0.3 is 5.32 Å². The summed E-state index contributed by atoms with van der Waals surface area (Å²) in [4.78, 5) is 21.7. The minimum absolute atomic E-state index is 0.0671. The van der Waals surface area contributed by atoms with Gasteiger partial charge >= 0.3 is 0 Å². The maximum Gasteiger partial charge on any atom is 0.228 e. The summed E-state index contributed by atoms with van der Waals surface area (Å²) in [6.07, 6.45) is 9.34. The van der Waals surface area contributed by atoms with Crippen LogP contribution in [0.15, 0.2) is 54.9 Å². The lowest BCUT2D eigenvalue weighted by Crippen LogP contribution is -2.34. The van der Waals surface area contributed by atoms with Crippen LogP contribution in [-0.2, 0) is 11.3 Å². The van der Waals surface area contributed by atoms with E-state index >= 15 is 0 Å². The van der Waals surface area contributed by atoms with Crippen molar-refractivity contribution >= 4 is 5.91 Å². The topological polar surface area (TPSA) is 83.6 Å². The van der Waals surface area contributed by atoms with Gasteiger partial charge in [-0.3, -0.25) is 14.9 Å². The van der Waals surface area contributed by atoms with E-state index in [1.165, 1.54) is 19.3 Å². The molecule has 1 amide bonds. The van der Waals surface area contributed by atoms with Crippen LogP contribution in [0.5, 0.6) is 0 Å². The molecule has 2 heterocycles. The number of carbonyl (C=O) groups excluding carboxylic acids is 1. The van der Waals surface area contributed by atoms with Gasteiger partial charge in [-0.15, -0.1) is 0 Å². The van der Waals surface area contributed by atoms with Gasteiger partial charge in [0.1, 0.15) is 5.82 Å². The van der Waals surface area contributed by atoms with Crippen LogP contribution >= 0.6 is 0 Å². The Morgan fingerprint density at radius 2 is 1.93 bits per heavy atom. The van der Waals surface area contributed by atoms with Crippen LogP contribution in [0, 0.1) is 5.92 Å². The van der Waals surface area contributed by atoms with Gasteiger partial charge in [0.05, 0.1) is 12.5 Å². The van der Waals surface area contributed by atoms with E-state index in [-0.39, 0.29) is 11.8 Å². The van der Waals surface area contributed by atoms with Crippen LogP contribution in [0.4, 0.5) is 0 Å². The summed E-state index contributed by atoms with van der Waals surface area (Å²) in [5.74, 6) is 1.59. The second-order valence-electron chi connectivity index (χ2n) is 7.35. The van der Waals surface area contributed by atoms with E-state index in [4.69, 9.17) is 0 Å². The monoisotopic (exact) mass is 375 g/mol. The minimum atomic E-state index is -0.109. The number of aromatic amines is 1. The average molecular weight is 375 g/mol. The van der Waals surface area contributed by atoms with Crippen LogP contribution in [-0.4, -0.2) is 26.1 Å². The fourth-order valence-electron chi connectivity index (χ4n) is 4.04. The molecule has 0 bridgehead atoms. The van der Waals surface area contributed by atoms with Crippen molar-refractivity contribution in [2.75, 3.05) is 0 Å². The number of amides is 1. The van der Waals surface area contributed by atoms with Crippen molar-refractivity contribution in [3.63, 3.8) is 0 Å². The zero-order valence-electron chi connectivity index (χ0n) is 15.8. The largest absolute Gasteiger partial charge is 0.348 e. The second-order valence-corrected chi connectivity index (χ2v) is 7.35. The summed E-state index contributed by atoms with van der Waals surface area (Å²) in [5, 5.41) is 10.2. The molecular formula is C22H25N5O. The predicted molar refractivity (Wildman–Crippen MR) is 107 cm³/mol. The molecule has 0 radical (unpaired) electrons. The van der Waals surface area contributed by atoms with Crippen molar-refractivity contribution in [2.24, 2.45) is 5.92 Å². The molecule has 1 aliphatic carbocycles. The summed E-state index contributed by atoms with van der Waals surface area (Å²) in [6, 6.07) is 13.9. The van der Waals surface area contributed by atoms with E-state index in [9.17, 15) is 4.79 Å². The molecule has 1 atom stereocenters. The number of benzene rings is 1. The van der Waals surface area contributed by atoms with Crippen molar-refractivity contribution in [1.82, 2.24) is 25.5 Å². The Morgan fingerprint density at radius 3 is 2.68 bits per heavy atom. The number of carbonyl (C=O) groups is 1. The first kappa shape index (κ1) is 18.3. The number of rotatable bonds is 6. The zero-order chi connectivity index (χ0) is 19.2. The second kappa shape index (κ2) is 8.78. The molecule has 1 saturated carbocycles. The van der Waals surface area contributed by atoms with Crippen molar-refractivity contribution < 1.29 is 4.79 Å². The molecule has 0 saturated heterocycles. The van der Waals surface area contributed by atoms with E-state index in [2.05, 4.69) is 37.6 Å². The number of nitrogens with one attached hydrogen (secondary N) is 2. The lowest BCUT2D eigenvalue weighted by molar-refractivity contribution is -0.124. The fourth-order valence-corrected chi connectivity index (χ4v) is 4.04. The first-order valence-electron chi connectivity index (χ1n) is 9.95. The summed E-state index contributed by atoms with van der Waals surface area (Å²) >= 11 is 0. The highest BCUT2D eigenvalue weighted by atomic mass is 16.1. The Labute approximate surface area is 164 Å². The summed E-state index contributed by atoms with van der Waals surface area (Å²) < 4.78 is 0. The quantitative estimate of drug-likeness (QED) is 0.685. The maximum atomic E-state index is 13.1. The lowest BCUT2D eigenvalue weighted by Gasteiger charge is -2.29.